The van der Waals surface area contributed by atoms with E-state index in [4.69, 9.17) is 0 Å². The normalized spacial score (nSPS) is 14.8. The molecule has 0 atom stereocenters. The summed E-state index contributed by atoms with van der Waals surface area (Å²) < 4.78 is 28.5. The first-order chi connectivity index (χ1) is 14.8. The Balaban J connectivity index is 1.33. The quantitative estimate of drug-likeness (QED) is 0.586. The number of sulfonamides is 1. The van der Waals surface area contributed by atoms with Crippen LogP contribution in [0.2, 0.25) is 0 Å². The highest BCUT2D eigenvalue weighted by Crippen LogP contribution is 2.21. The molecular formula is C21H25N5O3S2. The molecule has 4 rings (SSSR count). The monoisotopic (exact) mass is 459 g/mol. The topological polar surface area (TPSA) is 97.2 Å². The molecule has 1 amide bonds. The van der Waals surface area contributed by atoms with Crippen LogP contribution < -0.4 is 5.32 Å². The summed E-state index contributed by atoms with van der Waals surface area (Å²) >= 11 is 1.52. The van der Waals surface area contributed by atoms with Gasteiger partial charge in [0, 0.05) is 42.7 Å². The zero-order chi connectivity index (χ0) is 22.0. The summed E-state index contributed by atoms with van der Waals surface area (Å²) in [6.07, 6.45) is 2.38. The summed E-state index contributed by atoms with van der Waals surface area (Å²) in [5.74, 6) is -0.237. The van der Waals surface area contributed by atoms with Gasteiger partial charge in [0.15, 0.2) is 0 Å². The molecule has 1 aliphatic heterocycles. The van der Waals surface area contributed by atoms with Crippen LogP contribution in [0.3, 0.4) is 0 Å². The fraction of sp³-hybridized carbons (Fsp3) is 0.381. The lowest BCUT2D eigenvalue weighted by atomic mass is 10.2. The molecule has 2 aromatic heterocycles. The molecule has 1 saturated heterocycles. The Morgan fingerprint density at radius 2 is 1.87 bits per heavy atom. The number of rotatable bonds is 7. The predicted octanol–water partition coefficient (Wildman–Crippen LogP) is 2.70. The van der Waals surface area contributed by atoms with E-state index in [1.54, 1.807) is 12.1 Å². The average Bonchev–Trinajstić information content (AvgIpc) is 3.49. The van der Waals surface area contributed by atoms with E-state index in [9.17, 15) is 13.2 Å². The zero-order valence-corrected chi connectivity index (χ0v) is 19.2. The van der Waals surface area contributed by atoms with Gasteiger partial charge in [0.1, 0.15) is 0 Å². The van der Waals surface area contributed by atoms with Gasteiger partial charge in [-0.15, -0.1) is 11.3 Å². The van der Waals surface area contributed by atoms with Crippen LogP contribution in [-0.2, 0) is 16.4 Å². The number of aryl methyl sites for hydroxylation is 2. The second-order valence-corrected chi connectivity index (χ2v) is 10.4. The Hall–Kier alpha value is -2.56. The molecule has 0 radical (unpaired) electrons. The molecule has 3 heterocycles. The Morgan fingerprint density at radius 1 is 1.16 bits per heavy atom. The van der Waals surface area contributed by atoms with Crippen molar-refractivity contribution in [2.45, 2.75) is 38.0 Å². The van der Waals surface area contributed by atoms with Crippen LogP contribution in [0.4, 0.5) is 0 Å². The average molecular weight is 460 g/mol. The lowest BCUT2D eigenvalue weighted by molar-refractivity contribution is 0.0954. The van der Waals surface area contributed by atoms with Crippen LogP contribution in [0, 0.1) is 13.8 Å². The molecule has 0 aliphatic carbocycles. The summed E-state index contributed by atoms with van der Waals surface area (Å²) in [6.45, 7) is 5.49. The zero-order valence-electron chi connectivity index (χ0n) is 17.5. The highest BCUT2D eigenvalue weighted by Gasteiger charge is 2.27. The van der Waals surface area contributed by atoms with Crippen molar-refractivity contribution >= 4 is 27.3 Å². The van der Waals surface area contributed by atoms with Gasteiger partial charge >= 0.3 is 0 Å². The van der Waals surface area contributed by atoms with E-state index >= 15 is 0 Å². The molecule has 1 aromatic carbocycles. The van der Waals surface area contributed by atoms with Crippen LogP contribution in [0.1, 0.15) is 40.3 Å². The third kappa shape index (κ3) is 4.70. The molecule has 164 valence electrons. The Kier molecular flexibility index (Phi) is 6.22. The molecule has 8 nitrogen and oxygen atoms in total. The van der Waals surface area contributed by atoms with E-state index in [1.165, 1.54) is 27.8 Å². The van der Waals surface area contributed by atoms with Gasteiger partial charge in [0.2, 0.25) is 15.2 Å². The van der Waals surface area contributed by atoms with Crippen molar-refractivity contribution in [2.24, 2.45) is 0 Å². The van der Waals surface area contributed by atoms with Gasteiger partial charge < -0.3 is 5.32 Å². The minimum absolute atomic E-state index is 0.227. The molecule has 0 unspecified atom stereocenters. The molecule has 1 fully saturated rings. The van der Waals surface area contributed by atoms with Gasteiger partial charge in [-0.25, -0.2) is 18.1 Å². The fourth-order valence-corrected chi connectivity index (χ4v) is 5.98. The molecule has 0 bridgehead atoms. The van der Waals surface area contributed by atoms with Gasteiger partial charge in [-0.3, -0.25) is 4.79 Å². The van der Waals surface area contributed by atoms with Crippen LogP contribution in [0.25, 0.3) is 5.13 Å². The first-order valence-corrected chi connectivity index (χ1v) is 12.5. The summed E-state index contributed by atoms with van der Waals surface area (Å²) in [7, 11) is -3.47. The van der Waals surface area contributed by atoms with E-state index in [0.717, 1.165) is 35.1 Å². The fourth-order valence-electron chi connectivity index (χ4n) is 3.59. The van der Waals surface area contributed by atoms with Crippen molar-refractivity contribution < 1.29 is 13.2 Å². The number of carbonyl (C=O) groups is 1. The molecule has 0 saturated carbocycles. The second kappa shape index (κ2) is 8.89. The maximum absolute atomic E-state index is 12.6. The van der Waals surface area contributed by atoms with Gasteiger partial charge in [0.25, 0.3) is 5.91 Å². The van der Waals surface area contributed by atoms with Crippen LogP contribution in [0.15, 0.2) is 40.6 Å². The molecule has 31 heavy (non-hydrogen) atoms. The maximum Gasteiger partial charge on any atom is 0.251 e. The van der Waals surface area contributed by atoms with Gasteiger partial charge in [-0.05, 0) is 57.0 Å². The van der Waals surface area contributed by atoms with E-state index < -0.39 is 10.0 Å². The highest BCUT2D eigenvalue weighted by atomic mass is 32.2. The molecular weight excluding hydrogens is 434 g/mol. The van der Waals surface area contributed by atoms with Crippen molar-refractivity contribution in [2.75, 3.05) is 19.6 Å². The number of thiazole rings is 1. The standard InChI is InChI=1S/C21H25N5O3S2/c1-15-13-16(2)26(24-15)21-23-18(14-30-21)9-10-22-20(27)17-5-7-19(8-6-17)31(28,29)25-11-3-4-12-25/h5-8,13-14H,3-4,9-12H2,1-2H3,(H,22,27). The van der Waals surface area contributed by atoms with Crippen molar-refractivity contribution in [3.8, 4) is 5.13 Å². The molecule has 0 spiro atoms. The summed E-state index contributed by atoms with van der Waals surface area (Å²) in [5, 5.41) is 10.1. The van der Waals surface area contributed by atoms with E-state index in [0.29, 0.717) is 31.6 Å². The van der Waals surface area contributed by atoms with Crippen molar-refractivity contribution in [3.05, 3.63) is 58.4 Å². The van der Waals surface area contributed by atoms with Gasteiger partial charge in [0.05, 0.1) is 16.3 Å². The lowest BCUT2D eigenvalue weighted by Gasteiger charge is -2.15. The van der Waals surface area contributed by atoms with Crippen molar-refractivity contribution in [1.29, 1.82) is 0 Å². The number of nitrogens with zero attached hydrogens (tertiary/aromatic N) is 4. The summed E-state index contributed by atoms with van der Waals surface area (Å²) in [5.41, 5.74) is 3.30. The minimum Gasteiger partial charge on any atom is -0.352 e. The Bertz CT molecular complexity index is 1180. The second-order valence-electron chi connectivity index (χ2n) is 7.60. The summed E-state index contributed by atoms with van der Waals surface area (Å²) in [6, 6.07) is 8.13. The molecule has 1 N–H and O–H groups in total. The third-order valence-electron chi connectivity index (χ3n) is 5.22. The number of amides is 1. The predicted molar refractivity (Wildman–Crippen MR) is 119 cm³/mol. The van der Waals surface area contributed by atoms with Crippen molar-refractivity contribution in [3.63, 3.8) is 0 Å². The number of carbonyl (C=O) groups excluding carboxylic acids is 1. The number of benzene rings is 1. The number of aromatic nitrogens is 3. The lowest BCUT2D eigenvalue weighted by Crippen LogP contribution is -2.28. The summed E-state index contributed by atoms with van der Waals surface area (Å²) in [4.78, 5) is 17.2. The van der Waals surface area contributed by atoms with E-state index in [2.05, 4.69) is 15.4 Å². The van der Waals surface area contributed by atoms with Gasteiger partial charge in [-0.1, -0.05) is 0 Å². The Morgan fingerprint density at radius 3 is 2.52 bits per heavy atom. The van der Waals surface area contributed by atoms with Crippen LogP contribution in [-0.4, -0.2) is 53.0 Å². The SMILES string of the molecule is Cc1cc(C)n(-c2nc(CCNC(=O)c3ccc(S(=O)(=O)N4CCCC4)cc3)cs2)n1. The first-order valence-electron chi connectivity index (χ1n) is 10.2. The minimum atomic E-state index is -3.47. The smallest absolute Gasteiger partial charge is 0.251 e. The molecule has 10 heteroatoms. The third-order valence-corrected chi connectivity index (χ3v) is 7.99. The number of hydrogen-bond acceptors (Lipinski definition) is 6. The molecule has 1 aliphatic rings. The van der Waals surface area contributed by atoms with E-state index in [1.807, 2.05) is 30.0 Å². The molecule has 3 aromatic rings. The first kappa shape index (κ1) is 21.7. The maximum atomic E-state index is 12.6. The van der Waals surface area contributed by atoms with Crippen LogP contribution >= 0.6 is 11.3 Å². The highest BCUT2D eigenvalue weighted by molar-refractivity contribution is 7.89. The number of nitrogens with one attached hydrogen (secondary N) is 1. The van der Waals surface area contributed by atoms with Crippen LogP contribution in [0.5, 0.6) is 0 Å². The van der Waals surface area contributed by atoms with Gasteiger partial charge in [-0.2, -0.15) is 9.40 Å². The largest absolute Gasteiger partial charge is 0.352 e. The number of hydrogen-bond donors (Lipinski definition) is 1. The Labute approximate surface area is 186 Å². The van der Waals surface area contributed by atoms with E-state index in [-0.39, 0.29) is 10.8 Å². The van der Waals surface area contributed by atoms with Crippen molar-refractivity contribution in [1.82, 2.24) is 24.4 Å².